The van der Waals surface area contributed by atoms with Crippen molar-refractivity contribution in [2.75, 3.05) is 42.3 Å². The number of hydrogen-bond donors (Lipinski definition) is 2. The average Bonchev–Trinajstić information content (AvgIpc) is 3.32. The molecule has 2 aliphatic heterocycles. The summed E-state index contributed by atoms with van der Waals surface area (Å²) in [5, 5.41) is 9.87. The number of nitrogens with zero attached hydrogens (tertiary/aromatic N) is 2. The fourth-order valence-electron chi connectivity index (χ4n) is 4.89. The second kappa shape index (κ2) is 10.1. The van der Waals surface area contributed by atoms with E-state index in [1.54, 1.807) is 12.1 Å². The van der Waals surface area contributed by atoms with Crippen molar-refractivity contribution in [3.8, 4) is 0 Å². The maximum atomic E-state index is 12.8. The maximum Gasteiger partial charge on any atom is 0.337 e. The van der Waals surface area contributed by atoms with Crippen molar-refractivity contribution in [2.24, 2.45) is 5.92 Å². The maximum absolute atomic E-state index is 12.8. The molecule has 2 heterocycles. The predicted octanol–water partition coefficient (Wildman–Crippen LogP) is 3.70. The number of aromatic carboxylic acids is 1. The molecule has 2 fully saturated rings. The van der Waals surface area contributed by atoms with E-state index >= 15 is 0 Å². The van der Waals surface area contributed by atoms with Crippen LogP contribution in [0.2, 0.25) is 0 Å². The summed E-state index contributed by atoms with van der Waals surface area (Å²) in [6, 6.07) is 10.3. The molecule has 0 radical (unpaired) electrons. The molecule has 0 aliphatic carbocycles. The Morgan fingerprint density at radius 1 is 1.03 bits per heavy atom. The number of carbonyl (C=O) groups excluding carboxylic acids is 1. The Morgan fingerprint density at radius 3 is 2.38 bits per heavy atom. The van der Waals surface area contributed by atoms with E-state index in [-0.39, 0.29) is 21.9 Å². The molecule has 1 unspecified atom stereocenters. The molecule has 0 bridgehead atoms. The van der Waals surface area contributed by atoms with Gasteiger partial charge in [0.05, 0.1) is 16.1 Å². The number of sulfonamides is 1. The Bertz CT molecular complexity index is 1160. The van der Waals surface area contributed by atoms with Crippen molar-refractivity contribution in [3.63, 3.8) is 0 Å². The van der Waals surface area contributed by atoms with E-state index in [4.69, 9.17) is 0 Å². The fraction of sp³-hybridized carbons (Fsp3) is 0.440. The van der Waals surface area contributed by atoms with Gasteiger partial charge in [0.2, 0.25) is 0 Å². The first kappa shape index (κ1) is 24.2. The zero-order chi connectivity index (χ0) is 24.3. The lowest BCUT2D eigenvalue weighted by atomic mass is 9.96. The van der Waals surface area contributed by atoms with E-state index in [1.807, 2.05) is 0 Å². The molecule has 0 amide bonds. The molecule has 2 aromatic carbocycles. The van der Waals surface area contributed by atoms with Gasteiger partial charge in [0.15, 0.2) is 5.78 Å². The van der Waals surface area contributed by atoms with Gasteiger partial charge in [-0.1, -0.05) is 12.1 Å². The minimum Gasteiger partial charge on any atom is -0.478 e. The van der Waals surface area contributed by atoms with Crippen LogP contribution in [-0.2, 0) is 10.0 Å². The zero-order valence-electron chi connectivity index (χ0n) is 19.4. The largest absolute Gasteiger partial charge is 0.478 e. The molecule has 0 spiro atoms. The molecule has 4 rings (SSSR count). The minimum absolute atomic E-state index is 0.000707. The highest BCUT2D eigenvalue weighted by Gasteiger charge is 2.26. The Kier molecular flexibility index (Phi) is 7.23. The number of carboxylic acids is 1. The van der Waals surface area contributed by atoms with Crippen LogP contribution in [0, 0.1) is 5.92 Å². The number of nitrogens with one attached hydrogen (secondary N) is 1. The van der Waals surface area contributed by atoms with E-state index in [2.05, 4.69) is 14.5 Å². The molecule has 0 saturated carbocycles. The molecule has 2 N–H and O–H groups in total. The van der Waals surface area contributed by atoms with Crippen LogP contribution >= 0.6 is 0 Å². The number of ketones is 1. The minimum atomic E-state index is -3.93. The molecule has 2 aromatic rings. The SMILES string of the molecule is CC(=O)c1ccc(S(=O)(=O)Nc2ccc(N3CCCC(CN4CCCC4)C3)c(C(=O)O)c2)cc1. The number of rotatable bonds is 8. The van der Waals surface area contributed by atoms with Crippen LogP contribution in [0.25, 0.3) is 0 Å². The first-order chi connectivity index (χ1) is 16.2. The van der Waals surface area contributed by atoms with Gasteiger partial charge >= 0.3 is 5.97 Å². The van der Waals surface area contributed by atoms with E-state index in [9.17, 15) is 23.1 Å². The number of benzene rings is 2. The second-order valence-electron chi connectivity index (χ2n) is 9.19. The van der Waals surface area contributed by atoms with Gasteiger partial charge in [-0.25, -0.2) is 13.2 Å². The summed E-state index contributed by atoms with van der Waals surface area (Å²) in [5.74, 6) is -0.757. The third kappa shape index (κ3) is 5.59. The lowest BCUT2D eigenvalue weighted by molar-refractivity contribution is 0.0697. The molecule has 0 aromatic heterocycles. The molecule has 8 nitrogen and oxygen atoms in total. The summed E-state index contributed by atoms with van der Waals surface area (Å²) in [6.07, 6.45) is 4.63. The van der Waals surface area contributed by atoms with Crippen LogP contribution in [-0.4, -0.2) is 62.9 Å². The number of carbonyl (C=O) groups is 2. The van der Waals surface area contributed by atoms with Gasteiger partial charge in [-0.05, 0) is 81.9 Å². The van der Waals surface area contributed by atoms with E-state index in [1.165, 1.54) is 50.1 Å². The monoisotopic (exact) mass is 485 g/mol. The average molecular weight is 486 g/mol. The Hall–Kier alpha value is -2.91. The van der Waals surface area contributed by atoms with Crippen molar-refractivity contribution in [2.45, 2.75) is 37.5 Å². The molecule has 34 heavy (non-hydrogen) atoms. The number of likely N-dealkylation sites (tertiary alicyclic amines) is 1. The standard InChI is InChI=1S/C25H31N3O5S/c1-18(29)20-6-9-22(10-7-20)34(32,33)26-21-8-11-24(23(15-21)25(30)31)28-14-4-5-19(17-28)16-27-12-2-3-13-27/h6-11,15,19,26H,2-5,12-14,16-17H2,1H3,(H,30,31). The molecule has 2 saturated heterocycles. The fourth-order valence-corrected chi connectivity index (χ4v) is 5.94. The van der Waals surface area contributed by atoms with Gasteiger partial charge in [-0.15, -0.1) is 0 Å². The molecular formula is C25H31N3O5S. The molecular weight excluding hydrogens is 454 g/mol. The van der Waals surface area contributed by atoms with E-state index in [0.717, 1.165) is 45.6 Å². The summed E-state index contributed by atoms with van der Waals surface area (Å²) in [6.45, 7) is 6.31. The van der Waals surface area contributed by atoms with Crippen molar-refractivity contribution < 1.29 is 23.1 Å². The summed E-state index contributed by atoms with van der Waals surface area (Å²) in [4.78, 5) is 28.1. The third-order valence-electron chi connectivity index (χ3n) is 6.63. The summed E-state index contributed by atoms with van der Waals surface area (Å²) in [5.41, 5.74) is 1.30. The van der Waals surface area contributed by atoms with Crippen molar-refractivity contribution >= 4 is 33.2 Å². The van der Waals surface area contributed by atoms with Crippen molar-refractivity contribution in [1.29, 1.82) is 0 Å². The Morgan fingerprint density at radius 2 is 1.74 bits per heavy atom. The van der Waals surface area contributed by atoms with Crippen LogP contribution in [0.4, 0.5) is 11.4 Å². The third-order valence-corrected chi connectivity index (χ3v) is 8.02. The first-order valence-electron chi connectivity index (χ1n) is 11.7. The quantitative estimate of drug-likeness (QED) is 0.549. The van der Waals surface area contributed by atoms with Gasteiger partial charge in [0, 0.05) is 30.9 Å². The smallest absolute Gasteiger partial charge is 0.337 e. The highest BCUT2D eigenvalue weighted by Crippen LogP contribution is 2.30. The van der Waals surface area contributed by atoms with Gasteiger partial charge in [-0.2, -0.15) is 0 Å². The number of piperidine rings is 1. The second-order valence-corrected chi connectivity index (χ2v) is 10.9. The van der Waals surface area contributed by atoms with Crippen molar-refractivity contribution in [1.82, 2.24) is 4.90 Å². The van der Waals surface area contributed by atoms with Crippen LogP contribution in [0.5, 0.6) is 0 Å². The van der Waals surface area contributed by atoms with Crippen LogP contribution in [0.1, 0.15) is 53.3 Å². The topological polar surface area (TPSA) is 107 Å². The van der Waals surface area contributed by atoms with Gasteiger partial charge in [0.25, 0.3) is 10.0 Å². The molecule has 182 valence electrons. The Labute approximate surface area is 200 Å². The number of hydrogen-bond acceptors (Lipinski definition) is 6. The van der Waals surface area contributed by atoms with Gasteiger partial charge < -0.3 is 14.9 Å². The summed E-state index contributed by atoms with van der Waals surface area (Å²) < 4.78 is 28.1. The lowest BCUT2D eigenvalue weighted by Crippen LogP contribution is -2.41. The molecule has 1 atom stereocenters. The Balaban J connectivity index is 1.52. The van der Waals surface area contributed by atoms with E-state index in [0.29, 0.717) is 17.2 Å². The van der Waals surface area contributed by atoms with Crippen LogP contribution < -0.4 is 9.62 Å². The van der Waals surface area contributed by atoms with Gasteiger partial charge in [0.1, 0.15) is 0 Å². The highest BCUT2D eigenvalue weighted by atomic mass is 32.2. The zero-order valence-corrected chi connectivity index (χ0v) is 20.2. The van der Waals surface area contributed by atoms with Crippen LogP contribution in [0.15, 0.2) is 47.4 Å². The predicted molar refractivity (Wildman–Crippen MR) is 131 cm³/mol. The number of Topliss-reactive ketones (excluding diaryl/α,β-unsaturated/α-hetero) is 1. The number of anilines is 2. The lowest BCUT2D eigenvalue weighted by Gasteiger charge is -2.36. The summed E-state index contributed by atoms with van der Waals surface area (Å²) in [7, 11) is -3.93. The van der Waals surface area contributed by atoms with Crippen LogP contribution in [0.3, 0.4) is 0 Å². The summed E-state index contributed by atoms with van der Waals surface area (Å²) >= 11 is 0. The van der Waals surface area contributed by atoms with Crippen molar-refractivity contribution in [3.05, 3.63) is 53.6 Å². The molecule has 2 aliphatic rings. The molecule has 9 heteroatoms. The number of carboxylic acid groups (broad SMARTS) is 1. The highest BCUT2D eigenvalue weighted by molar-refractivity contribution is 7.92. The normalized spacial score (nSPS) is 19.2. The first-order valence-corrected chi connectivity index (χ1v) is 13.2. The van der Waals surface area contributed by atoms with Gasteiger partial charge in [-0.3, -0.25) is 9.52 Å². The van der Waals surface area contributed by atoms with E-state index < -0.39 is 16.0 Å².